The van der Waals surface area contributed by atoms with Crippen molar-refractivity contribution in [2.75, 3.05) is 6.61 Å². The fraction of sp³-hybridized carbons (Fsp3) is 0.833. The van der Waals surface area contributed by atoms with Crippen LogP contribution < -0.4 is 5.32 Å². The van der Waals surface area contributed by atoms with E-state index >= 15 is 0 Å². The highest BCUT2D eigenvalue weighted by atomic mass is 16.5. The van der Waals surface area contributed by atoms with Crippen LogP contribution in [0.15, 0.2) is 36.5 Å². The first-order chi connectivity index (χ1) is 26.5. The zero-order valence-corrected chi connectivity index (χ0v) is 35.9. The number of hydrogen-bond donors (Lipinski definition) is 3. The topological polar surface area (TPSA) is 95.9 Å². The van der Waals surface area contributed by atoms with Crippen molar-refractivity contribution < 1.29 is 24.5 Å². The van der Waals surface area contributed by atoms with Gasteiger partial charge in [0.05, 0.1) is 25.2 Å². The maximum Gasteiger partial charge on any atom is 0.306 e. The molecule has 0 fully saturated rings. The van der Waals surface area contributed by atoms with E-state index in [-0.39, 0.29) is 24.9 Å². The van der Waals surface area contributed by atoms with Crippen LogP contribution >= 0.6 is 0 Å². The van der Waals surface area contributed by atoms with Crippen molar-refractivity contribution in [2.45, 2.75) is 251 Å². The summed E-state index contributed by atoms with van der Waals surface area (Å²) in [4.78, 5) is 25.9. The molecule has 3 atom stereocenters. The van der Waals surface area contributed by atoms with Crippen molar-refractivity contribution in [3.63, 3.8) is 0 Å². The van der Waals surface area contributed by atoms with Gasteiger partial charge < -0.3 is 20.3 Å². The number of ether oxygens (including phenoxy) is 1. The zero-order chi connectivity index (χ0) is 39.6. The Kier molecular flexibility index (Phi) is 40.7. The first-order valence-corrected chi connectivity index (χ1v) is 23.2. The second-order valence-corrected chi connectivity index (χ2v) is 15.8. The van der Waals surface area contributed by atoms with Gasteiger partial charge in [-0.15, -0.1) is 0 Å². The zero-order valence-electron chi connectivity index (χ0n) is 35.9. The number of carbonyl (C=O) groups is 2. The van der Waals surface area contributed by atoms with Crippen LogP contribution in [-0.2, 0) is 14.3 Å². The molecule has 316 valence electrons. The standard InChI is InChI=1S/C48H89NO5/c1-4-7-10-13-16-18-20-22-24-26-28-31-34-37-40-46(51)45(43-50)49-47(52)42-44(39-36-33-30-15-12-9-6-3)54-48(53)41-38-35-32-29-27-25-23-21-19-17-14-11-8-5-2/h8,11,17,19,23,25,44-46,50-51H,4-7,9-10,12-16,18,20-22,24,26-43H2,1-3H3,(H,49,52)/b11-8+,19-17+,25-23+. The lowest BCUT2D eigenvalue weighted by Gasteiger charge is -2.24. The number of rotatable bonds is 41. The molecule has 0 saturated heterocycles. The average molecular weight is 760 g/mol. The molecule has 0 aliphatic heterocycles. The lowest BCUT2D eigenvalue weighted by atomic mass is 10.0. The van der Waals surface area contributed by atoms with Crippen LogP contribution in [0.2, 0.25) is 0 Å². The highest BCUT2D eigenvalue weighted by molar-refractivity contribution is 5.77. The third kappa shape index (κ3) is 37.0. The van der Waals surface area contributed by atoms with Gasteiger partial charge in [0, 0.05) is 6.42 Å². The fourth-order valence-corrected chi connectivity index (χ4v) is 6.97. The number of carbonyl (C=O) groups excluding carboxylic acids is 2. The Morgan fingerprint density at radius 1 is 0.556 bits per heavy atom. The van der Waals surface area contributed by atoms with Crippen LogP contribution in [0, 0.1) is 0 Å². The van der Waals surface area contributed by atoms with Crippen molar-refractivity contribution in [3.8, 4) is 0 Å². The maximum absolute atomic E-state index is 13.1. The SMILES string of the molecule is CC/C=C/C/C=C/C/C=C/CCCCCCC(=O)OC(CCCCCCCCC)CC(=O)NC(CO)C(O)CCCCCCCCCCCCCCCC. The summed E-state index contributed by atoms with van der Waals surface area (Å²) in [5.41, 5.74) is 0. The number of esters is 1. The predicted molar refractivity (Wildman–Crippen MR) is 232 cm³/mol. The Bertz CT molecular complexity index is 900. The normalized spacial score (nSPS) is 13.6. The quantitative estimate of drug-likeness (QED) is 0.0328. The van der Waals surface area contributed by atoms with Crippen LogP contribution in [0.4, 0.5) is 0 Å². The summed E-state index contributed by atoms with van der Waals surface area (Å²) in [6.07, 6.45) is 47.8. The molecule has 6 heteroatoms. The van der Waals surface area contributed by atoms with Crippen LogP contribution in [0.3, 0.4) is 0 Å². The molecule has 0 bridgehead atoms. The van der Waals surface area contributed by atoms with Crippen LogP contribution in [0.25, 0.3) is 0 Å². The van der Waals surface area contributed by atoms with E-state index in [1.807, 2.05) is 0 Å². The van der Waals surface area contributed by atoms with E-state index < -0.39 is 18.2 Å². The van der Waals surface area contributed by atoms with Gasteiger partial charge in [-0.2, -0.15) is 0 Å². The lowest BCUT2D eigenvalue weighted by molar-refractivity contribution is -0.151. The molecule has 6 nitrogen and oxygen atoms in total. The van der Waals surface area contributed by atoms with Crippen molar-refractivity contribution in [1.82, 2.24) is 5.32 Å². The molecule has 0 aliphatic rings. The number of aliphatic hydroxyl groups excluding tert-OH is 2. The van der Waals surface area contributed by atoms with Gasteiger partial charge in [-0.25, -0.2) is 0 Å². The first kappa shape index (κ1) is 52.1. The van der Waals surface area contributed by atoms with E-state index in [9.17, 15) is 19.8 Å². The van der Waals surface area contributed by atoms with Gasteiger partial charge in [0.2, 0.25) is 5.91 Å². The van der Waals surface area contributed by atoms with Gasteiger partial charge in [-0.1, -0.05) is 198 Å². The Morgan fingerprint density at radius 3 is 1.52 bits per heavy atom. The number of amides is 1. The minimum Gasteiger partial charge on any atom is -0.462 e. The van der Waals surface area contributed by atoms with Crippen LogP contribution in [0.1, 0.15) is 233 Å². The smallest absolute Gasteiger partial charge is 0.306 e. The van der Waals surface area contributed by atoms with E-state index in [4.69, 9.17) is 4.74 Å². The Hall–Kier alpha value is -1.92. The number of nitrogens with one attached hydrogen (secondary N) is 1. The van der Waals surface area contributed by atoms with Gasteiger partial charge >= 0.3 is 5.97 Å². The molecule has 0 aliphatic carbocycles. The largest absolute Gasteiger partial charge is 0.462 e. The van der Waals surface area contributed by atoms with Crippen LogP contribution in [-0.4, -0.2) is 46.9 Å². The molecular formula is C48H89NO5. The third-order valence-electron chi connectivity index (χ3n) is 10.5. The molecule has 1 amide bonds. The van der Waals surface area contributed by atoms with E-state index in [0.29, 0.717) is 19.3 Å². The van der Waals surface area contributed by atoms with Gasteiger partial charge in [0.15, 0.2) is 0 Å². The molecule has 0 aromatic rings. The number of unbranched alkanes of at least 4 members (excludes halogenated alkanes) is 23. The molecule has 0 heterocycles. The molecule has 0 aromatic heterocycles. The second-order valence-electron chi connectivity index (χ2n) is 15.8. The number of allylic oxidation sites excluding steroid dienone is 6. The van der Waals surface area contributed by atoms with Crippen molar-refractivity contribution >= 4 is 11.9 Å². The van der Waals surface area contributed by atoms with Gasteiger partial charge in [-0.05, 0) is 57.8 Å². The molecule has 0 aromatic carbocycles. The summed E-state index contributed by atoms with van der Waals surface area (Å²) in [7, 11) is 0. The summed E-state index contributed by atoms with van der Waals surface area (Å²) >= 11 is 0. The minimum atomic E-state index is -0.786. The second kappa shape index (κ2) is 42.2. The molecular weight excluding hydrogens is 671 g/mol. The number of hydrogen-bond acceptors (Lipinski definition) is 5. The molecule has 3 N–H and O–H groups in total. The summed E-state index contributed by atoms with van der Waals surface area (Å²) in [5, 5.41) is 23.6. The van der Waals surface area contributed by atoms with E-state index in [0.717, 1.165) is 83.5 Å². The molecule has 0 saturated carbocycles. The Labute approximate surface area is 334 Å². The molecule has 3 unspecified atom stereocenters. The first-order valence-electron chi connectivity index (χ1n) is 23.2. The maximum atomic E-state index is 13.1. The summed E-state index contributed by atoms with van der Waals surface area (Å²) < 4.78 is 5.87. The average Bonchev–Trinajstić information content (AvgIpc) is 3.16. The van der Waals surface area contributed by atoms with Crippen molar-refractivity contribution in [1.29, 1.82) is 0 Å². The van der Waals surface area contributed by atoms with Crippen molar-refractivity contribution in [2.24, 2.45) is 0 Å². The number of aliphatic hydroxyl groups is 2. The van der Waals surface area contributed by atoms with Crippen LogP contribution in [0.5, 0.6) is 0 Å². The minimum absolute atomic E-state index is 0.0701. The summed E-state index contributed by atoms with van der Waals surface area (Å²) in [6, 6.07) is -0.700. The van der Waals surface area contributed by atoms with Crippen molar-refractivity contribution in [3.05, 3.63) is 36.5 Å². The summed E-state index contributed by atoms with van der Waals surface area (Å²) in [5.74, 6) is -0.501. The van der Waals surface area contributed by atoms with E-state index in [2.05, 4.69) is 62.5 Å². The highest BCUT2D eigenvalue weighted by Crippen LogP contribution is 2.17. The predicted octanol–water partition coefficient (Wildman–Crippen LogP) is 13.3. The highest BCUT2D eigenvalue weighted by Gasteiger charge is 2.24. The third-order valence-corrected chi connectivity index (χ3v) is 10.5. The monoisotopic (exact) mass is 760 g/mol. The summed E-state index contributed by atoms with van der Waals surface area (Å²) in [6.45, 7) is 6.33. The van der Waals surface area contributed by atoms with Gasteiger partial charge in [0.1, 0.15) is 6.10 Å². The molecule has 0 rings (SSSR count). The van der Waals surface area contributed by atoms with Gasteiger partial charge in [-0.3, -0.25) is 9.59 Å². The lowest BCUT2D eigenvalue weighted by Crippen LogP contribution is -2.46. The van der Waals surface area contributed by atoms with E-state index in [1.54, 1.807) is 0 Å². The van der Waals surface area contributed by atoms with E-state index in [1.165, 1.54) is 103 Å². The molecule has 0 radical (unpaired) electrons. The Balaban J connectivity index is 4.44. The molecule has 54 heavy (non-hydrogen) atoms. The molecule has 0 spiro atoms. The van der Waals surface area contributed by atoms with Gasteiger partial charge in [0.25, 0.3) is 0 Å². The fourth-order valence-electron chi connectivity index (χ4n) is 6.97. The Morgan fingerprint density at radius 2 is 1.00 bits per heavy atom.